The number of carbonyl (C=O) groups is 1. The molecule has 2 N–H and O–H groups in total. The second-order valence-corrected chi connectivity index (χ2v) is 7.04. The molecule has 6 nitrogen and oxygen atoms in total. The molecule has 0 saturated carbocycles. The first-order chi connectivity index (χ1) is 13.6. The predicted molar refractivity (Wildman–Crippen MR) is 111 cm³/mol. The number of hydrogen-bond donors (Lipinski definition) is 2. The Bertz CT molecular complexity index is 1010. The van der Waals surface area contributed by atoms with E-state index >= 15 is 0 Å². The van der Waals surface area contributed by atoms with E-state index in [1.807, 2.05) is 19.1 Å². The normalized spacial score (nSPS) is 9.93. The molecule has 0 atom stereocenters. The van der Waals surface area contributed by atoms with Crippen molar-refractivity contribution in [1.82, 2.24) is 15.3 Å². The summed E-state index contributed by atoms with van der Waals surface area (Å²) in [6.45, 7) is 2.53. The Hall–Kier alpha value is -3.08. The molecule has 28 heavy (non-hydrogen) atoms. The molecule has 0 saturated heterocycles. The molecular weight excluding hydrogens is 396 g/mol. The van der Waals surface area contributed by atoms with Gasteiger partial charge in [0, 0.05) is 23.0 Å². The minimum absolute atomic E-state index is 0.327. The smallest absolute Gasteiger partial charge is 0.321 e. The number of nitrogens with zero attached hydrogens (tertiary/aromatic N) is 2. The fourth-order valence-corrected chi connectivity index (χ4v) is 3.16. The van der Waals surface area contributed by atoms with Crippen molar-refractivity contribution in [2.45, 2.75) is 6.92 Å². The van der Waals surface area contributed by atoms with Gasteiger partial charge in [-0.25, -0.2) is 9.78 Å². The third-order valence-electron chi connectivity index (χ3n) is 3.47. The highest BCUT2D eigenvalue weighted by molar-refractivity contribution is 7.16. The van der Waals surface area contributed by atoms with E-state index in [1.165, 1.54) is 11.3 Å². The van der Waals surface area contributed by atoms with Gasteiger partial charge in [-0.2, -0.15) is 0 Å². The fraction of sp³-hybridized carbons (Fsp3) is 0.150. The number of ether oxygens (including phenoxy) is 1. The standard InChI is InChI=1S/C20H17ClN4O2S/c1-14-18(6-5-15-7-9-22-10-8-15)28-20(24-14)25-19(26)23-11-12-27-17-4-2-3-16(21)13-17/h2-4,7-10,13H,11-12H2,1H3,(H2,23,24,25,26). The molecule has 0 spiro atoms. The number of anilines is 1. The van der Waals surface area contributed by atoms with Gasteiger partial charge >= 0.3 is 6.03 Å². The van der Waals surface area contributed by atoms with Crippen LogP contribution in [0.3, 0.4) is 0 Å². The average Bonchev–Trinajstić information content (AvgIpc) is 3.03. The zero-order valence-electron chi connectivity index (χ0n) is 15.0. The minimum atomic E-state index is -0.350. The fourth-order valence-electron chi connectivity index (χ4n) is 2.16. The van der Waals surface area contributed by atoms with Gasteiger partial charge in [-0.15, -0.1) is 0 Å². The molecule has 0 aliphatic carbocycles. The van der Waals surface area contributed by atoms with Crippen molar-refractivity contribution in [3.63, 3.8) is 0 Å². The molecule has 2 amide bonds. The molecular formula is C20H17ClN4O2S. The number of aromatic nitrogens is 2. The molecule has 1 aromatic carbocycles. The highest BCUT2D eigenvalue weighted by atomic mass is 35.5. The summed E-state index contributed by atoms with van der Waals surface area (Å²) in [5.41, 5.74) is 1.64. The van der Waals surface area contributed by atoms with Crippen LogP contribution < -0.4 is 15.4 Å². The summed E-state index contributed by atoms with van der Waals surface area (Å²) in [6, 6.07) is 10.4. The summed E-state index contributed by atoms with van der Waals surface area (Å²) in [4.78, 5) is 21.1. The van der Waals surface area contributed by atoms with Crippen LogP contribution in [-0.2, 0) is 0 Å². The summed E-state index contributed by atoms with van der Waals surface area (Å²) >= 11 is 7.22. The zero-order chi connectivity index (χ0) is 19.8. The average molecular weight is 413 g/mol. The molecule has 2 aromatic heterocycles. The Morgan fingerprint density at radius 2 is 2.07 bits per heavy atom. The minimum Gasteiger partial charge on any atom is -0.492 e. The van der Waals surface area contributed by atoms with Gasteiger partial charge in [-0.05, 0) is 43.2 Å². The number of pyridine rings is 1. The van der Waals surface area contributed by atoms with Crippen molar-refractivity contribution < 1.29 is 9.53 Å². The van der Waals surface area contributed by atoms with Gasteiger partial charge in [0.05, 0.1) is 12.2 Å². The van der Waals surface area contributed by atoms with E-state index in [9.17, 15) is 4.79 Å². The van der Waals surface area contributed by atoms with E-state index in [0.29, 0.717) is 29.1 Å². The summed E-state index contributed by atoms with van der Waals surface area (Å²) in [5, 5.41) is 6.52. The van der Waals surface area contributed by atoms with Crippen LogP contribution in [0.5, 0.6) is 5.75 Å². The van der Waals surface area contributed by atoms with Crippen LogP contribution in [0.2, 0.25) is 5.02 Å². The van der Waals surface area contributed by atoms with Crippen molar-refractivity contribution in [2.24, 2.45) is 0 Å². The molecule has 0 aliphatic heterocycles. The van der Waals surface area contributed by atoms with E-state index in [1.54, 1.807) is 36.7 Å². The van der Waals surface area contributed by atoms with E-state index in [0.717, 1.165) is 16.1 Å². The van der Waals surface area contributed by atoms with Gasteiger partial charge in [0.25, 0.3) is 0 Å². The third-order valence-corrected chi connectivity index (χ3v) is 4.69. The topological polar surface area (TPSA) is 76.1 Å². The molecule has 0 aliphatic rings. The van der Waals surface area contributed by atoms with Crippen molar-refractivity contribution in [3.05, 3.63) is 69.9 Å². The first kappa shape index (κ1) is 19.7. The third kappa shape index (κ3) is 5.98. The quantitative estimate of drug-likeness (QED) is 0.488. The lowest BCUT2D eigenvalue weighted by Crippen LogP contribution is -2.32. The van der Waals surface area contributed by atoms with E-state index < -0.39 is 0 Å². The lowest BCUT2D eigenvalue weighted by Gasteiger charge is -2.08. The van der Waals surface area contributed by atoms with E-state index in [4.69, 9.17) is 16.3 Å². The van der Waals surface area contributed by atoms with Gasteiger partial charge in [-0.3, -0.25) is 10.3 Å². The maximum absolute atomic E-state index is 12.0. The van der Waals surface area contributed by atoms with Crippen LogP contribution in [0.25, 0.3) is 0 Å². The number of benzene rings is 1. The number of nitrogens with one attached hydrogen (secondary N) is 2. The maximum atomic E-state index is 12.0. The Balaban J connectivity index is 1.47. The van der Waals surface area contributed by atoms with E-state index in [2.05, 4.69) is 32.4 Å². The molecule has 0 radical (unpaired) electrons. The van der Waals surface area contributed by atoms with Crippen LogP contribution in [0.1, 0.15) is 16.1 Å². The van der Waals surface area contributed by atoms with Crippen molar-refractivity contribution >= 4 is 34.1 Å². The van der Waals surface area contributed by atoms with Gasteiger partial charge in [0.15, 0.2) is 5.13 Å². The Morgan fingerprint density at radius 1 is 1.25 bits per heavy atom. The maximum Gasteiger partial charge on any atom is 0.321 e. The van der Waals surface area contributed by atoms with Crippen LogP contribution >= 0.6 is 22.9 Å². The molecule has 142 valence electrons. The molecule has 3 rings (SSSR count). The zero-order valence-corrected chi connectivity index (χ0v) is 16.6. The van der Waals surface area contributed by atoms with Gasteiger partial charge in [0.1, 0.15) is 17.2 Å². The number of thiazole rings is 1. The second kappa shape index (κ2) is 9.74. The van der Waals surface area contributed by atoms with E-state index in [-0.39, 0.29) is 6.03 Å². The molecule has 0 bridgehead atoms. The molecule has 8 heteroatoms. The number of carbonyl (C=O) groups excluding carboxylic acids is 1. The molecule has 3 aromatic rings. The first-order valence-electron chi connectivity index (χ1n) is 8.43. The van der Waals surface area contributed by atoms with Crippen molar-refractivity contribution in [2.75, 3.05) is 18.5 Å². The van der Waals surface area contributed by atoms with Gasteiger partial charge in [0.2, 0.25) is 0 Å². The summed E-state index contributed by atoms with van der Waals surface area (Å²) < 4.78 is 5.52. The second-order valence-electron chi connectivity index (χ2n) is 5.61. The lowest BCUT2D eigenvalue weighted by molar-refractivity contribution is 0.247. The van der Waals surface area contributed by atoms with Crippen LogP contribution in [0.15, 0.2) is 48.8 Å². The first-order valence-corrected chi connectivity index (χ1v) is 9.62. The summed E-state index contributed by atoms with van der Waals surface area (Å²) in [5.74, 6) is 6.78. The van der Waals surface area contributed by atoms with Crippen LogP contribution in [0.4, 0.5) is 9.93 Å². The van der Waals surface area contributed by atoms with Gasteiger partial charge in [-0.1, -0.05) is 34.9 Å². The molecule has 0 fully saturated rings. The Kier molecular flexibility index (Phi) is 6.84. The summed E-state index contributed by atoms with van der Waals surface area (Å²) in [6.07, 6.45) is 3.38. The van der Waals surface area contributed by atoms with Crippen molar-refractivity contribution in [3.8, 4) is 17.6 Å². The Labute approximate surface area is 171 Å². The number of urea groups is 1. The number of amides is 2. The van der Waals surface area contributed by atoms with Gasteiger partial charge < -0.3 is 10.1 Å². The number of rotatable bonds is 5. The SMILES string of the molecule is Cc1nc(NC(=O)NCCOc2cccc(Cl)c2)sc1C#Cc1ccncc1. The molecule has 2 heterocycles. The van der Waals surface area contributed by atoms with Crippen LogP contribution in [0, 0.1) is 18.8 Å². The molecule has 0 unspecified atom stereocenters. The van der Waals surface area contributed by atoms with Crippen molar-refractivity contribution in [1.29, 1.82) is 0 Å². The number of aryl methyl sites for hydroxylation is 1. The summed E-state index contributed by atoms with van der Waals surface area (Å²) in [7, 11) is 0. The highest BCUT2D eigenvalue weighted by Gasteiger charge is 2.08. The number of halogens is 1. The van der Waals surface area contributed by atoms with Crippen LogP contribution in [-0.4, -0.2) is 29.2 Å². The Morgan fingerprint density at radius 3 is 2.86 bits per heavy atom. The number of hydrogen-bond acceptors (Lipinski definition) is 5. The highest BCUT2D eigenvalue weighted by Crippen LogP contribution is 2.21. The predicted octanol–water partition coefficient (Wildman–Crippen LogP) is 4.10. The monoisotopic (exact) mass is 412 g/mol. The largest absolute Gasteiger partial charge is 0.492 e. The lowest BCUT2D eigenvalue weighted by atomic mass is 10.2.